The van der Waals surface area contributed by atoms with Crippen molar-refractivity contribution in [1.82, 2.24) is 9.78 Å². The summed E-state index contributed by atoms with van der Waals surface area (Å²) >= 11 is 6.27. The highest BCUT2D eigenvalue weighted by atomic mass is 35.5. The Morgan fingerprint density at radius 3 is 2.26 bits per heavy atom. The Morgan fingerprint density at radius 1 is 0.903 bits per heavy atom. The number of nitrogens with one attached hydrogen (secondary N) is 2. The first-order valence-electron chi connectivity index (χ1n) is 9.40. The Balaban J connectivity index is 1.77. The van der Waals surface area contributed by atoms with Crippen LogP contribution in [0, 0.1) is 0 Å². The molecule has 31 heavy (non-hydrogen) atoms. The fourth-order valence-electron chi connectivity index (χ4n) is 3.18. The summed E-state index contributed by atoms with van der Waals surface area (Å²) in [6, 6.07) is 20.4. The molecule has 1 heterocycles. The minimum absolute atomic E-state index is 0.0843. The van der Waals surface area contributed by atoms with Gasteiger partial charge in [-0.15, -0.1) is 0 Å². The Bertz CT molecular complexity index is 1370. The van der Waals surface area contributed by atoms with E-state index in [2.05, 4.69) is 15.7 Å². The molecule has 0 saturated carbocycles. The standard InChI is InChI=1S/C23H17ClN4O3/c1-14(29)25-15-11-12-20(19(24)13-15)26-22(30)21-17-9-5-6-10-18(17)23(31)28(27-21)16-7-3-2-4-8-16/h2-13H,1H3,(H,25,29)(H,26,30). The van der Waals surface area contributed by atoms with Crippen LogP contribution in [0.2, 0.25) is 5.02 Å². The normalized spacial score (nSPS) is 10.6. The molecule has 0 aliphatic rings. The average molecular weight is 433 g/mol. The summed E-state index contributed by atoms with van der Waals surface area (Å²) in [6.45, 7) is 1.39. The molecule has 0 aliphatic heterocycles. The van der Waals surface area contributed by atoms with Crippen LogP contribution in [-0.4, -0.2) is 21.6 Å². The van der Waals surface area contributed by atoms with Gasteiger partial charge in [0, 0.05) is 18.0 Å². The molecule has 3 aromatic carbocycles. The van der Waals surface area contributed by atoms with Gasteiger partial charge in [-0.2, -0.15) is 9.78 Å². The van der Waals surface area contributed by atoms with Crippen molar-refractivity contribution < 1.29 is 9.59 Å². The lowest BCUT2D eigenvalue weighted by Gasteiger charge is -2.12. The maximum atomic E-state index is 13.1. The van der Waals surface area contributed by atoms with Crippen molar-refractivity contribution in [3.05, 3.63) is 93.9 Å². The third-order valence-electron chi connectivity index (χ3n) is 4.56. The number of hydrogen-bond donors (Lipinski definition) is 2. The van der Waals surface area contributed by atoms with Crippen molar-refractivity contribution in [3.8, 4) is 5.69 Å². The first kappa shape index (κ1) is 20.3. The van der Waals surface area contributed by atoms with E-state index in [1.807, 2.05) is 6.07 Å². The molecule has 8 heteroatoms. The molecule has 0 saturated heterocycles. The van der Waals surface area contributed by atoms with E-state index in [9.17, 15) is 14.4 Å². The summed E-state index contributed by atoms with van der Waals surface area (Å²) in [5, 5.41) is 10.8. The van der Waals surface area contributed by atoms with Gasteiger partial charge in [-0.1, -0.05) is 48.0 Å². The highest BCUT2D eigenvalue weighted by Crippen LogP contribution is 2.26. The lowest BCUT2D eigenvalue weighted by molar-refractivity contribution is -0.114. The van der Waals surface area contributed by atoms with Gasteiger partial charge in [0.05, 0.1) is 21.8 Å². The summed E-state index contributed by atoms with van der Waals surface area (Å²) < 4.78 is 1.21. The summed E-state index contributed by atoms with van der Waals surface area (Å²) in [5.41, 5.74) is 1.17. The number of para-hydroxylation sites is 1. The molecule has 4 aromatic rings. The van der Waals surface area contributed by atoms with Gasteiger partial charge >= 0.3 is 0 Å². The predicted molar refractivity (Wildman–Crippen MR) is 121 cm³/mol. The van der Waals surface area contributed by atoms with Gasteiger partial charge in [0.2, 0.25) is 5.91 Å². The minimum Gasteiger partial charge on any atom is -0.326 e. The summed E-state index contributed by atoms with van der Waals surface area (Å²) in [7, 11) is 0. The van der Waals surface area contributed by atoms with Crippen LogP contribution in [0.4, 0.5) is 11.4 Å². The van der Waals surface area contributed by atoms with Crippen molar-refractivity contribution >= 4 is 45.6 Å². The van der Waals surface area contributed by atoms with Crippen LogP contribution in [0.15, 0.2) is 77.6 Å². The van der Waals surface area contributed by atoms with E-state index in [0.29, 0.717) is 27.8 Å². The number of hydrogen-bond acceptors (Lipinski definition) is 4. The molecule has 1 aromatic heterocycles. The first-order valence-corrected chi connectivity index (χ1v) is 9.78. The number of rotatable bonds is 4. The Kier molecular flexibility index (Phi) is 5.51. The van der Waals surface area contributed by atoms with Gasteiger partial charge in [0.25, 0.3) is 11.5 Å². The zero-order valence-corrected chi connectivity index (χ0v) is 17.2. The molecule has 7 nitrogen and oxygen atoms in total. The average Bonchev–Trinajstić information content (AvgIpc) is 2.76. The van der Waals surface area contributed by atoms with E-state index in [1.54, 1.807) is 60.7 Å². The predicted octanol–water partition coefficient (Wildman–Crippen LogP) is 4.25. The zero-order valence-electron chi connectivity index (χ0n) is 16.4. The lowest BCUT2D eigenvalue weighted by atomic mass is 10.1. The second-order valence-corrected chi connectivity index (χ2v) is 7.18. The summed E-state index contributed by atoms with van der Waals surface area (Å²) in [4.78, 5) is 37.3. The smallest absolute Gasteiger partial charge is 0.279 e. The van der Waals surface area contributed by atoms with Gasteiger partial charge in [0.15, 0.2) is 5.69 Å². The number of benzene rings is 3. The van der Waals surface area contributed by atoms with E-state index in [4.69, 9.17) is 11.6 Å². The highest BCUT2D eigenvalue weighted by Gasteiger charge is 2.18. The van der Waals surface area contributed by atoms with Crippen LogP contribution in [0.3, 0.4) is 0 Å². The zero-order chi connectivity index (χ0) is 22.0. The lowest BCUT2D eigenvalue weighted by Crippen LogP contribution is -2.26. The molecule has 0 unspecified atom stereocenters. The monoisotopic (exact) mass is 432 g/mol. The minimum atomic E-state index is -0.518. The Morgan fingerprint density at radius 2 is 1.58 bits per heavy atom. The van der Waals surface area contributed by atoms with Crippen molar-refractivity contribution in [3.63, 3.8) is 0 Å². The van der Waals surface area contributed by atoms with Gasteiger partial charge < -0.3 is 10.6 Å². The second-order valence-electron chi connectivity index (χ2n) is 6.78. The highest BCUT2D eigenvalue weighted by molar-refractivity contribution is 6.34. The molecule has 154 valence electrons. The molecule has 2 N–H and O–H groups in total. The maximum absolute atomic E-state index is 13.1. The van der Waals surface area contributed by atoms with Crippen LogP contribution in [-0.2, 0) is 4.79 Å². The topological polar surface area (TPSA) is 93.1 Å². The molecule has 0 fully saturated rings. The van der Waals surface area contributed by atoms with Crippen molar-refractivity contribution in [2.24, 2.45) is 0 Å². The van der Waals surface area contributed by atoms with E-state index in [1.165, 1.54) is 17.7 Å². The van der Waals surface area contributed by atoms with Crippen LogP contribution in [0.1, 0.15) is 17.4 Å². The summed E-state index contributed by atoms with van der Waals surface area (Å²) in [5.74, 6) is -0.748. The number of nitrogens with zero attached hydrogens (tertiary/aromatic N) is 2. The Hall–Kier alpha value is -3.97. The number of fused-ring (bicyclic) bond motifs is 1. The molecule has 2 amide bonds. The maximum Gasteiger partial charge on any atom is 0.279 e. The number of carbonyl (C=O) groups is 2. The second kappa shape index (κ2) is 8.41. The molecule has 0 bridgehead atoms. The largest absolute Gasteiger partial charge is 0.326 e. The van der Waals surface area contributed by atoms with Crippen LogP contribution in [0.5, 0.6) is 0 Å². The van der Waals surface area contributed by atoms with E-state index < -0.39 is 5.91 Å². The molecular formula is C23H17ClN4O3. The van der Waals surface area contributed by atoms with Crippen molar-refractivity contribution in [2.45, 2.75) is 6.92 Å². The van der Waals surface area contributed by atoms with Gasteiger partial charge in [-0.3, -0.25) is 14.4 Å². The molecule has 4 rings (SSSR count). The number of amides is 2. The van der Waals surface area contributed by atoms with Crippen LogP contribution < -0.4 is 16.2 Å². The molecule has 0 spiro atoms. The Labute approximate surface area is 182 Å². The summed E-state index contributed by atoms with van der Waals surface area (Å²) in [6.07, 6.45) is 0. The SMILES string of the molecule is CC(=O)Nc1ccc(NC(=O)c2nn(-c3ccccc3)c(=O)c3ccccc23)c(Cl)c1. The number of anilines is 2. The third-order valence-corrected chi connectivity index (χ3v) is 4.87. The fraction of sp³-hybridized carbons (Fsp3) is 0.0435. The number of carbonyl (C=O) groups excluding carboxylic acids is 2. The van der Waals surface area contributed by atoms with Gasteiger partial charge in [-0.05, 0) is 36.4 Å². The van der Waals surface area contributed by atoms with Gasteiger partial charge in [0.1, 0.15) is 0 Å². The molecule has 0 atom stereocenters. The van der Waals surface area contributed by atoms with Crippen molar-refractivity contribution in [2.75, 3.05) is 10.6 Å². The van der Waals surface area contributed by atoms with Crippen molar-refractivity contribution in [1.29, 1.82) is 0 Å². The van der Waals surface area contributed by atoms with Crippen LogP contribution in [0.25, 0.3) is 16.5 Å². The van der Waals surface area contributed by atoms with E-state index >= 15 is 0 Å². The van der Waals surface area contributed by atoms with E-state index in [-0.39, 0.29) is 22.2 Å². The van der Waals surface area contributed by atoms with Gasteiger partial charge in [-0.25, -0.2) is 0 Å². The molecule has 0 radical (unpaired) electrons. The molecule has 0 aliphatic carbocycles. The number of aromatic nitrogens is 2. The number of halogens is 1. The third kappa shape index (κ3) is 4.17. The van der Waals surface area contributed by atoms with Crippen LogP contribution >= 0.6 is 11.6 Å². The fourth-order valence-corrected chi connectivity index (χ4v) is 3.41. The van der Waals surface area contributed by atoms with E-state index in [0.717, 1.165) is 0 Å². The first-order chi connectivity index (χ1) is 14.9. The quantitative estimate of drug-likeness (QED) is 0.504. The molecular weight excluding hydrogens is 416 g/mol.